The van der Waals surface area contributed by atoms with E-state index in [1.807, 2.05) is 6.92 Å². The first-order valence-electron chi connectivity index (χ1n) is 3.86. The molecule has 0 bridgehead atoms. The third kappa shape index (κ3) is 1.90. The summed E-state index contributed by atoms with van der Waals surface area (Å²) >= 11 is 0. The lowest BCUT2D eigenvalue weighted by molar-refractivity contribution is -0.215. The topological polar surface area (TPSA) is 70.5 Å². The lowest BCUT2D eigenvalue weighted by Crippen LogP contribution is -2.50. The molecular weight excluding hydrogens is 144 g/mol. The van der Waals surface area contributed by atoms with E-state index >= 15 is 0 Å². The highest BCUT2D eigenvalue weighted by atomic mass is 16.7. The van der Waals surface area contributed by atoms with Gasteiger partial charge >= 0.3 is 0 Å². The van der Waals surface area contributed by atoms with Crippen LogP contribution < -0.4 is 11.5 Å². The van der Waals surface area contributed by atoms with Gasteiger partial charge in [0, 0.05) is 18.5 Å². The normalized spacial score (nSPS) is 25.4. The maximum atomic E-state index is 5.55. The molecular formula is C7H16N2O2. The molecule has 0 aromatic heterocycles. The van der Waals surface area contributed by atoms with Gasteiger partial charge in [-0.3, -0.25) is 0 Å². The molecule has 0 aliphatic carbocycles. The molecule has 0 aromatic carbocycles. The highest BCUT2D eigenvalue weighted by molar-refractivity contribution is 4.83. The van der Waals surface area contributed by atoms with E-state index in [1.54, 1.807) is 0 Å². The molecule has 1 aliphatic heterocycles. The maximum absolute atomic E-state index is 5.55. The van der Waals surface area contributed by atoms with Crippen LogP contribution in [0.4, 0.5) is 0 Å². The van der Waals surface area contributed by atoms with Crippen LogP contribution >= 0.6 is 0 Å². The first-order valence-corrected chi connectivity index (χ1v) is 3.86. The molecule has 11 heavy (non-hydrogen) atoms. The second-order valence-corrected chi connectivity index (χ2v) is 3.10. The van der Waals surface area contributed by atoms with Crippen molar-refractivity contribution < 1.29 is 9.47 Å². The van der Waals surface area contributed by atoms with Crippen LogP contribution in [0.5, 0.6) is 0 Å². The lowest BCUT2D eigenvalue weighted by atomic mass is 9.90. The minimum Gasteiger partial charge on any atom is -0.352 e. The van der Waals surface area contributed by atoms with Crippen molar-refractivity contribution in [2.75, 3.05) is 26.3 Å². The first kappa shape index (κ1) is 8.93. The summed E-state index contributed by atoms with van der Waals surface area (Å²) in [6, 6.07) is 0. The Labute approximate surface area is 66.8 Å². The Balaban J connectivity index is 2.45. The minimum atomic E-state index is -0.146. The number of hydrogen-bond acceptors (Lipinski definition) is 4. The summed E-state index contributed by atoms with van der Waals surface area (Å²) in [4.78, 5) is 0. The number of rotatable bonds is 2. The van der Waals surface area contributed by atoms with Gasteiger partial charge in [0.2, 0.25) is 0 Å². The molecule has 1 aliphatic rings. The molecule has 4 N–H and O–H groups in total. The van der Waals surface area contributed by atoms with Crippen molar-refractivity contribution >= 4 is 0 Å². The third-order valence-corrected chi connectivity index (χ3v) is 2.11. The predicted octanol–water partition coefficient (Wildman–Crippen LogP) is -0.717. The largest absolute Gasteiger partial charge is 0.352 e. The molecule has 4 heteroatoms. The zero-order valence-corrected chi connectivity index (χ0v) is 6.88. The Kier molecular flexibility index (Phi) is 2.84. The molecule has 1 heterocycles. The summed E-state index contributed by atoms with van der Waals surface area (Å²) in [6.07, 6.45) is -0.110. The van der Waals surface area contributed by atoms with Gasteiger partial charge in [0.05, 0.1) is 13.2 Å². The summed E-state index contributed by atoms with van der Waals surface area (Å²) in [7, 11) is 0. The Bertz CT molecular complexity index is 116. The van der Waals surface area contributed by atoms with E-state index in [2.05, 4.69) is 0 Å². The first-order chi connectivity index (χ1) is 5.22. The molecule has 0 radical (unpaired) electrons. The van der Waals surface area contributed by atoms with E-state index in [1.165, 1.54) is 0 Å². The van der Waals surface area contributed by atoms with Crippen LogP contribution in [0.3, 0.4) is 0 Å². The monoisotopic (exact) mass is 160 g/mol. The molecule has 66 valence electrons. The average molecular weight is 160 g/mol. The van der Waals surface area contributed by atoms with E-state index in [0.717, 1.165) is 0 Å². The van der Waals surface area contributed by atoms with Crippen LogP contribution in [0.25, 0.3) is 0 Å². The summed E-state index contributed by atoms with van der Waals surface area (Å²) in [5.74, 6) is 0. The fourth-order valence-corrected chi connectivity index (χ4v) is 0.997. The van der Waals surface area contributed by atoms with Crippen molar-refractivity contribution in [3.05, 3.63) is 0 Å². The molecule has 0 spiro atoms. The fraction of sp³-hybridized carbons (Fsp3) is 1.00. The summed E-state index contributed by atoms with van der Waals surface area (Å²) in [5.41, 5.74) is 11.0. The van der Waals surface area contributed by atoms with Crippen molar-refractivity contribution in [2.45, 2.75) is 13.2 Å². The van der Waals surface area contributed by atoms with Crippen LogP contribution in [0.2, 0.25) is 0 Å². The highest BCUT2D eigenvalue weighted by Gasteiger charge is 2.33. The van der Waals surface area contributed by atoms with Crippen molar-refractivity contribution in [1.29, 1.82) is 0 Å². The number of ether oxygens (including phenoxy) is 2. The van der Waals surface area contributed by atoms with E-state index in [-0.39, 0.29) is 11.7 Å². The summed E-state index contributed by atoms with van der Waals surface area (Å²) in [5, 5.41) is 0. The Morgan fingerprint density at radius 1 is 1.27 bits per heavy atom. The van der Waals surface area contributed by atoms with E-state index in [0.29, 0.717) is 26.3 Å². The van der Waals surface area contributed by atoms with E-state index in [9.17, 15) is 0 Å². The molecule has 0 atom stereocenters. The van der Waals surface area contributed by atoms with Crippen LogP contribution in [-0.4, -0.2) is 32.6 Å². The SMILES string of the molecule is CC1OCC(CN)(CN)CO1. The Morgan fingerprint density at radius 2 is 1.73 bits per heavy atom. The number of hydrogen-bond donors (Lipinski definition) is 2. The Hall–Kier alpha value is -0.160. The van der Waals surface area contributed by atoms with Gasteiger partial charge in [0.25, 0.3) is 0 Å². The fourth-order valence-electron chi connectivity index (χ4n) is 0.997. The number of nitrogens with two attached hydrogens (primary N) is 2. The van der Waals surface area contributed by atoms with Gasteiger partial charge in [-0.05, 0) is 6.92 Å². The molecule has 0 saturated carbocycles. The van der Waals surface area contributed by atoms with Gasteiger partial charge in [0.1, 0.15) is 0 Å². The predicted molar refractivity (Wildman–Crippen MR) is 41.9 cm³/mol. The molecule has 1 saturated heterocycles. The van der Waals surface area contributed by atoms with Crippen LogP contribution in [0.1, 0.15) is 6.92 Å². The van der Waals surface area contributed by atoms with Gasteiger partial charge in [-0.2, -0.15) is 0 Å². The van der Waals surface area contributed by atoms with Crippen LogP contribution in [0, 0.1) is 5.41 Å². The summed E-state index contributed by atoms with van der Waals surface area (Å²) < 4.78 is 10.6. The minimum absolute atomic E-state index is 0.110. The third-order valence-electron chi connectivity index (χ3n) is 2.11. The van der Waals surface area contributed by atoms with Crippen LogP contribution in [0.15, 0.2) is 0 Å². The maximum Gasteiger partial charge on any atom is 0.154 e. The quantitative estimate of drug-likeness (QED) is 0.559. The highest BCUT2D eigenvalue weighted by Crippen LogP contribution is 2.21. The van der Waals surface area contributed by atoms with E-state index < -0.39 is 0 Å². The second-order valence-electron chi connectivity index (χ2n) is 3.10. The van der Waals surface area contributed by atoms with Gasteiger partial charge in [-0.15, -0.1) is 0 Å². The van der Waals surface area contributed by atoms with Gasteiger partial charge in [-0.25, -0.2) is 0 Å². The van der Waals surface area contributed by atoms with Gasteiger partial charge in [-0.1, -0.05) is 0 Å². The lowest BCUT2D eigenvalue weighted by Gasteiger charge is -2.37. The zero-order valence-electron chi connectivity index (χ0n) is 6.88. The van der Waals surface area contributed by atoms with Gasteiger partial charge < -0.3 is 20.9 Å². The molecule has 4 nitrogen and oxygen atoms in total. The smallest absolute Gasteiger partial charge is 0.154 e. The standard InChI is InChI=1S/C7H16N2O2/c1-6-10-4-7(2-8,3-9)5-11-6/h6H,2-5,8-9H2,1H3. The van der Waals surface area contributed by atoms with Crippen LogP contribution in [-0.2, 0) is 9.47 Å². The van der Waals surface area contributed by atoms with E-state index in [4.69, 9.17) is 20.9 Å². The molecule has 1 rings (SSSR count). The Morgan fingerprint density at radius 3 is 2.09 bits per heavy atom. The summed E-state index contributed by atoms with van der Waals surface area (Å²) in [6.45, 7) is 4.14. The second kappa shape index (κ2) is 3.49. The average Bonchev–Trinajstić information content (AvgIpc) is 2.07. The van der Waals surface area contributed by atoms with Crippen molar-refractivity contribution in [1.82, 2.24) is 0 Å². The molecule has 0 amide bonds. The molecule has 0 unspecified atom stereocenters. The van der Waals surface area contributed by atoms with Crippen molar-refractivity contribution in [3.8, 4) is 0 Å². The van der Waals surface area contributed by atoms with Gasteiger partial charge in [0.15, 0.2) is 6.29 Å². The molecule has 1 fully saturated rings. The molecule has 0 aromatic rings. The zero-order chi connectivity index (χ0) is 8.32. The van der Waals surface area contributed by atoms with Crippen molar-refractivity contribution in [2.24, 2.45) is 16.9 Å². The van der Waals surface area contributed by atoms with Crippen molar-refractivity contribution in [3.63, 3.8) is 0 Å².